The van der Waals surface area contributed by atoms with Gasteiger partial charge in [0.15, 0.2) is 0 Å². The summed E-state index contributed by atoms with van der Waals surface area (Å²) < 4.78 is 5.77. The van der Waals surface area contributed by atoms with Crippen molar-refractivity contribution in [1.82, 2.24) is 15.7 Å². The summed E-state index contributed by atoms with van der Waals surface area (Å²) in [4.78, 5) is 27.8. The molecule has 3 aromatic rings. The summed E-state index contributed by atoms with van der Waals surface area (Å²) >= 11 is 12.0. The third-order valence-corrected chi connectivity index (χ3v) is 4.60. The number of nitrogens with zero attached hydrogens (tertiary/aromatic N) is 1. The molecule has 0 radical (unpaired) electrons. The fourth-order valence-corrected chi connectivity index (χ4v) is 2.73. The van der Waals surface area contributed by atoms with E-state index in [9.17, 15) is 9.59 Å². The molecule has 3 amide bonds. The Morgan fingerprint density at radius 3 is 2.57 bits per heavy atom. The van der Waals surface area contributed by atoms with Gasteiger partial charge in [-0.2, -0.15) is 0 Å². The van der Waals surface area contributed by atoms with Crippen LogP contribution < -0.4 is 26.2 Å². The first-order valence-corrected chi connectivity index (χ1v) is 9.45. The average Bonchev–Trinajstić information content (AvgIpc) is 2.75. The van der Waals surface area contributed by atoms with Crippen LogP contribution in [0.1, 0.15) is 10.5 Å². The molecule has 10 heteroatoms. The van der Waals surface area contributed by atoms with E-state index in [1.54, 1.807) is 48.5 Å². The number of rotatable bonds is 6. The summed E-state index contributed by atoms with van der Waals surface area (Å²) in [5, 5.41) is 5.68. The minimum absolute atomic E-state index is 0.238. The van der Waals surface area contributed by atoms with Gasteiger partial charge < -0.3 is 15.4 Å². The van der Waals surface area contributed by atoms with Gasteiger partial charge in [0.25, 0.3) is 5.91 Å². The molecule has 8 nitrogen and oxygen atoms in total. The number of hydrogen-bond donors (Lipinski definition) is 4. The van der Waals surface area contributed by atoms with Crippen molar-refractivity contribution in [2.45, 2.75) is 0 Å². The molecule has 0 spiro atoms. The maximum atomic E-state index is 12.1. The molecule has 1 aromatic heterocycles. The highest BCUT2D eigenvalue weighted by Gasteiger charge is 2.09. The van der Waals surface area contributed by atoms with E-state index in [1.807, 2.05) is 0 Å². The molecule has 0 aliphatic carbocycles. The summed E-state index contributed by atoms with van der Waals surface area (Å²) in [5.74, 6) is 0.627. The molecule has 0 unspecified atom stereocenters. The predicted octanol–water partition coefficient (Wildman–Crippen LogP) is 4.69. The largest absolute Gasteiger partial charge is 0.457 e. The first-order chi connectivity index (χ1) is 14.5. The number of pyridine rings is 1. The summed E-state index contributed by atoms with van der Waals surface area (Å²) in [6.45, 7) is 0. The van der Waals surface area contributed by atoms with Crippen molar-refractivity contribution >= 4 is 46.5 Å². The fraction of sp³-hybridized carbons (Fsp3) is 0.0500. The Bertz CT molecular complexity index is 1080. The second kappa shape index (κ2) is 9.82. The Balaban J connectivity index is 1.61. The van der Waals surface area contributed by atoms with Crippen LogP contribution in [0.3, 0.4) is 0 Å². The molecule has 0 atom stereocenters. The van der Waals surface area contributed by atoms with E-state index in [4.69, 9.17) is 27.9 Å². The van der Waals surface area contributed by atoms with Gasteiger partial charge in [-0.3, -0.25) is 20.6 Å². The molecule has 0 aliphatic rings. The molecule has 0 aliphatic heterocycles. The molecular formula is C20H17Cl2N5O3. The Morgan fingerprint density at radius 1 is 1.00 bits per heavy atom. The molecular weight excluding hydrogens is 429 g/mol. The number of halogens is 2. The Morgan fingerprint density at radius 2 is 1.77 bits per heavy atom. The zero-order chi connectivity index (χ0) is 21.5. The van der Waals surface area contributed by atoms with E-state index in [0.29, 0.717) is 27.9 Å². The van der Waals surface area contributed by atoms with Crippen molar-refractivity contribution < 1.29 is 14.3 Å². The summed E-state index contributed by atoms with van der Waals surface area (Å²) in [6, 6.07) is 14.4. The minimum atomic E-state index is -0.533. The smallest absolute Gasteiger partial charge is 0.337 e. The standard InChI is InChI=1S/C20H17Cl2N5O3/c1-23-19(28)17-11-14(8-9-24-17)30-13-5-2-4-12(10-13)26-27-20(29)25-16-7-3-6-15(21)18(16)22/h2-11,26H,1H3,(H,23,28)(H2,25,27,29). The number of amides is 3. The highest BCUT2D eigenvalue weighted by atomic mass is 35.5. The lowest BCUT2D eigenvalue weighted by Crippen LogP contribution is -2.33. The van der Waals surface area contributed by atoms with Gasteiger partial charge in [-0.1, -0.05) is 35.3 Å². The maximum Gasteiger partial charge on any atom is 0.337 e. The average molecular weight is 446 g/mol. The number of hydrogen-bond acceptors (Lipinski definition) is 5. The number of carbonyl (C=O) groups excluding carboxylic acids is 2. The van der Waals surface area contributed by atoms with E-state index in [1.165, 1.54) is 19.3 Å². The molecule has 1 heterocycles. The van der Waals surface area contributed by atoms with Crippen molar-refractivity contribution in [1.29, 1.82) is 0 Å². The molecule has 0 saturated carbocycles. The first-order valence-electron chi connectivity index (χ1n) is 8.69. The second-order valence-electron chi connectivity index (χ2n) is 5.89. The van der Waals surface area contributed by atoms with Gasteiger partial charge in [-0.05, 0) is 30.3 Å². The van der Waals surface area contributed by atoms with Crippen LogP contribution >= 0.6 is 23.2 Å². The van der Waals surface area contributed by atoms with Gasteiger partial charge >= 0.3 is 6.03 Å². The van der Waals surface area contributed by atoms with Crippen LogP contribution in [0.4, 0.5) is 16.2 Å². The lowest BCUT2D eigenvalue weighted by atomic mass is 10.3. The van der Waals surface area contributed by atoms with Crippen LogP contribution in [0.2, 0.25) is 10.0 Å². The van der Waals surface area contributed by atoms with E-state index in [2.05, 4.69) is 26.5 Å². The lowest BCUT2D eigenvalue weighted by molar-refractivity contribution is 0.0958. The van der Waals surface area contributed by atoms with Crippen molar-refractivity contribution in [2.75, 3.05) is 17.8 Å². The third kappa shape index (κ3) is 5.53. The fourth-order valence-electron chi connectivity index (χ4n) is 2.38. The van der Waals surface area contributed by atoms with Gasteiger partial charge in [0.1, 0.15) is 17.2 Å². The van der Waals surface area contributed by atoms with E-state index < -0.39 is 6.03 Å². The van der Waals surface area contributed by atoms with E-state index >= 15 is 0 Å². The van der Waals surface area contributed by atoms with Gasteiger partial charge in [0.2, 0.25) is 0 Å². The summed E-state index contributed by atoms with van der Waals surface area (Å²) in [7, 11) is 1.52. The normalized spacial score (nSPS) is 10.1. The number of benzene rings is 2. The quantitative estimate of drug-likeness (QED) is 0.412. The number of carbonyl (C=O) groups is 2. The van der Waals surface area contributed by atoms with Gasteiger partial charge in [-0.25, -0.2) is 4.79 Å². The zero-order valence-corrected chi connectivity index (χ0v) is 17.2. The number of anilines is 2. The van der Waals surface area contributed by atoms with Crippen LogP contribution in [-0.4, -0.2) is 24.0 Å². The topological polar surface area (TPSA) is 104 Å². The summed E-state index contributed by atoms with van der Waals surface area (Å²) in [5.41, 5.74) is 6.45. The molecule has 2 aromatic carbocycles. The van der Waals surface area contributed by atoms with Gasteiger partial charge in [-0.15, -0.1) is 0 Å². The molecule has 30 heavy (non-hydrogen) atoms. The number of nitrogens with one attached hydrogen (secondary N) is 4. The molecule has 0 bridgehead atoms. The van der Waals surface area contributed by atoms with Crippen LogP contribution in [0.25, 0.3) is 0 Å². The monoisotopic (exact) mass is 445 g/mol. The highest BCUT2D eigenvalue weighted by molar-refractivity contribution is 6.43. The third-order valence-electron chi connectivity index (χ3n) is 3.78. The number of aromatic nitrogens is 1. The van der Waals surface area contributed by atoms with Gasteiger partial charge in [0, 0.05) is 25.4 Å². The van der Waals surface area contributed by atoms with E-state index in [-0.39, 0.29) is 16.6 Å². The van der Waals surface area contributed by atoms with Crippen LogP contribution in [-0.2, 0) is 0 Å². The number of urea groups is 1. The SMILES string of the molecule is CNC(=O)c1cc(Oc2cccc(NNC(=O)Nc3cccc(Cl)c3Cl)c2)ccn1. The predicted molar refractivity (Wildman–Crippen MR) is 116 cm³/mol. The number of ether oxygens (including phenoxy) is 1. The van der Waals surface area contributed by atoms with Crippen molar-refractivity contribution in [3.05, 3.63) is 76.5 Å². The zero-order valence-electron chi connectivity index (χ0n) is 15.7. The molecule has 0 saturated heterocycles. The Hall–Kier alpha value is -3.49. The van der Waals surface area contributed by atoms with Crippen molar-refractivity contribution in [3.63, 3.8) is 0 Å². The lowest BCUT2D eigenvalue weighted by Gasteiger charge is -2.12. The van der Waals surface area contributed by atoms with Crippen molar-refractivity contribution in [2.24, 2.45) is 0 Å². The molecule has 0 fully saturated rings. The highest BCUT2D eigenvalue weighted by Crippen LogP contribution is 2.29. The van der Waals surface area contributed by atoms with Crippen molar-refractivity contribution in [3.8, 4) is 11.5 Å². The Kier molecular flexibility index (Phi) is 6.95. The molecule has 3 rings (SSSR count). The maximum absolute atomic E-state index is 12.1. The Labute approximate surface area is 182 Å². The second-order valence-corrected chi connectivity index (χ2v) is 6.68. The first kappa shape index (κ1) is 21.2. The summed E-state index contributed by atoms with van der Waals surface area (Å²) in [6.07, 6.45) is 1.48. The molecule has 4 N–H and O–H groups in total. The van der Waals surface area contributed by atoms with Crippen LogP contribution in [0, 0.1) is 0 Å². The van der Waals surface area contributed by atoms with Gasteiger partial charge in [0.05, 0.1) is 21.4 Å². The van der Waals surface area contributed by atoms with Crippen LogP contribution in [0.5, 0.6) is 11.5 Å². The molecule has 154 valence electrons. The van der Waals surface area contributed by atoms with Crippen LogP contribution in [0.15, 0.2) is 60.8 Å². The number of hydrazine groups is 1. The minimum Gasteiger partial charge on any atom is -0.457 e. The van der Waals surface area contributed by atoms with E-state index in [0.717, 1.165) is 0 Å².